The van der Waals surface area contributed by atoms with Gasteiger partial charge in [-0.2, -0.15) is 0 Å². The van der Waals surface area contributed by atoms with E-state index in [0.717, 1.165) is 17.9 Å². The normalized spacial score (nSPS) is 11.8. The van der Waals surface area contributed by atoms with Gasteiger partial charge in [0.1, 0.15) is 5.75 Å². The molecule has 0 aliphatic rings. The van der Waals surface area contributed by atoms with Crippen molar-refractivity contribution < 1.29 is 14.2 Å². The summed E-state index contributed by atoms with van der Waals surface area (Å²) in [6, 6.07) is 14.3. The fourth-order valence-corrected chi connectivity index (χ4v) is 2.55. The van der Waals surface area contributed by atoms with Crippen LogP contribution >= 0.6 is 0 Å². The minimum Gasteiger partial charge on any atom is -0.496 e. The molecule has 0 aromatic heterocycles. The highest BCUT2D eigenvalue weighted by Gasteiger charge is 2.12. The second kappa shape index (κ2) is 8.44. The van der Waals surface area contributed by atoms with Gasteiger partial charge in [0.15, 0.2) is 11.5 Å². The SMILES string of the molecule is COc1cc(OC)c(OC)cc1CNCC(C)c1ccccc1. The van der Waals surface area contributed by atoms with Gasteiger partial charge >= 0.3 is 0 Å². The molecule has 0 spiro atoms. The molecule has 1 N–H and O–H groups in total. The van der Waals surface area contributed by atoms with E-state index in [9.17, 15) is 0 Å². The minimum atomic E-state index is 0.447. The maximum Gasteiger partial charge on any atom is 0.164 e. The molecular formula is C19H25NO3. The third kappa shape index (κ3) is 4.39. The summed E-state index contributed by atoms with van der Waals surface area (Å²) in [6.45, 7) is 3.82. The molecule has 2 aromatic rings. The molecule has 0 aliphatic heterocycles. The first-order valence-electron chi connectivity index (χ1n) is 7.74. The van der Waals surface area contributed by atoms with Crippen LogP contribution in [-0.2, 0) is 6.54 Å². The molecule has 23 heavy (non-hydrogen) atoms. The Bertz CT molecular complexity index is 614. The maximum absolute atomic E-state index is 5.45. The molecule has 2 rings (SSSR count). The van der Waals surface area contributed by atoms with Gasteiger partial charge in [-0.25, -0.2) is 0 Å². The van der Waals surface area contributed by atoms with Crippen molar-refractivity contribution in [3.63, 3.8) is 0 Å². The van der Waals surface area contributed by atoms with E-state index in [-0.39, 0.29) is 0 Å². The van der Waals surface area contributed by atoms with E-state index >= 15 is 0 Å². The minimum absolute atomic E-state index is 0.447. The highest BCUT2D eigenvalue weighted by atomic mass is 16.5. The summed E-state index contributed by atoms with van der Waals surface area (Å²) < 4.78 is 16.1. The van der Waals surface area contributed by atoms with Crippen LogP contribution in [0.1, 0.15) is 24.0 Å². The Kier molecular flexibility index (Phi) is 6.29. The van der Waals surface area contributed by atoms with Gasteiger partial charge in [0.2, 0.25) is 0 Å². The van der Waals surface area contributed by atoms with Crippen LogP contribution in [0, 0.1) is 0 Å². The van der Waals surface area contributed by atoms with Gasteiger partial charge < -0.3 is 19.5 Å². The van der Waals surface area contributed by atoms with Crippen molar-refractivity contribution in [1.29, 1.82) is 0 Å². The van der Waals surface area contributed by atoms with E-state index < -0.39 is 0 Å². The van der Waals surface area contributed by atoms with Crippen LogP contribution in [0.15, 0.2) is 42.5 Å². The van der Waals surface area contributed by atoms with E-state index in [2.05, 4.69) is 36.5 Å². The summed E-state index contributed by atoms with van der Waals surface area (Å²) in [4.78, 5) is 0. The molecule has 4 nitrogen and oxygen atoms in total. The first kappa shape index (κ1) is 17.2. The van der Waals surface area contributed by atoms with Crippen LogP contribution in [0.3, 0.4) is 0 Å². The Labute approximate surface area is 138 Å². The largest absolute Gasteiger partial charge is 0.496 e. The molecule has 1 atom stereocenters. The number of nitrogens with one attached hydrogen (secondary N) is 1. The molecule has 0 saturated carbocycles. The summed E-state index contributed by atoms with van der Waals surface area (Å²) >= 11 is 0. The molecule has 124 valence electrons. The second-order valence-electron chi connectivity index (χ2n) is 5.46. The Morgan fingerprint density at radius 1 is 0.870 bits per heavy atom. The number of hydrogen-bond acceptors (Lipinski definition) is 4. The molecule has 0 amide bonds. The second-order valence-corrected chi connectivity index (χ2v) is 5.46. The van der Waals surface area contributed by atoms with Crippen LogP contribution in [0.4, 0.5) is 0 Å². The standard InChI is InChI=1S/C19H25NO3/c1-14(15-8-6-5-7-9-15)12-20-13-16-10-18(22-3)19(23-4)11-17(16)21-2/h5-11,14,20H,12-13H2,1-4H3. The molecule has 0 bridgehead atoms. The monoisotopic (exact) mass is 315 g/mol. The molecular weight excluding hydrogens is 290 g/mol. The molecule has 0 radical (unpaired) electrons. The average molecular weight is 315 g/mol. The summed E-state index contributed by atoms with van der Waals surface area (Å²) in [5.74, 6) is 2.62. The van der Waals surface area contributed by atoms with Crippen molar-refractivity contribution in [2.75, 3.05) is 27.9 Å². The van der Waals surface area contributed by atoms with Crippen molar-refractivity contribution in [3.8, 4) is 17.2 Å². The van der Waals surface area contributed by atoms with Gasteiger partial charge in [0, 0.05) is 24.7 Å². The molecule has 0 fully saturated rings. The first-order valence-corrected chi connectivity index (χ1v) is 7.74. The van der Waals surface area contributed by atoms with Crippen molar-refractivity contribution >= 4 is 0 Å². The molecule has 2 aromatic carbocycles. The van der Waals surface area contributed by atoms with Crippen molar-refractivity contribution in [3.05, 3.63) is 53.6 Å². The van der Waals surface area contributed by atoms with Gasteiger partial charge in [-0.05, 0) is 17.5 Å². The molecule has 0 heterocycles. The molecule has 4 heteroatoms. The number of benzene rings is 2. The lowest BCUT2D eigenvalue weighted by atomic mass is 10.0. The van der Waals surface area contributed by atoms with Crippen LogP contribution in [0.5, 0.6) is 17.2 Å². The quantitative estimate of drug-likeness (QED) is 0.808. The Hall–Kier alpha value is -2.20. The number of methoxy groups -OCH3 is 3. The molecule has 1 unspecified atom stereocenters. The Balaban J connectivity index is 2.02. The predicted octanol–water partition coefficient (Wildman–Crippen LogP) is 3.61. The van der Waals surface area contributed by atoms with E-state index in [1.165, 1.54) is 5.56 Å². The predicted molar refractivity (Wildman–Crippen MR) is 92.7 cm³/mol. The van der Waals surface area contributed by atoms with Crippen molar-refractivity contribution in [1.82, 2.24) is 5.32 Å². The topological polar surface area (TPSA) is 39.7 Å². The summed E-state index contributed by atoms with van der Waals surface area (Å²) in [6.07, 6.45) is 0. The summed E-state index contributed by atoms with van der Waals surface area (Å²) in [7, 11) is 4.92. The third-order valence-electron chi connectivity index (χ3n) is 3.92. The van der Waals surface area contributed by atoms with E-state index in [1.807, 2.05) is 18.2 Å². The third-order valence-corrected chi connectivity index (χ3v) is 3.92. The van der Waals surface area contributed by atoms with Crippen molar-refractivity contribution in [2.24, 2.45) is 0 Å². The first-order chi connectivity index (χ1) is 11.2. The Morgan fingerprint density at radius 2 is 1.48 bits per heavy atom. The zero-order chi connectivity index (χ0) is 16.7. The van der Waals surface area contributed by atoms with E-state index in [0.29, 0.717) is 24.0 Å². The maximum atomic E-state index is 5.45. The fraction of sp³-hybridized carbons (Fsp3) is 0.368. The van der Waals surface area contributed by atoms with Crippen LogP contribution < -0.4 is 19.5 Å². The van der Waals surface area contributed by atoms with Gasteiger partial charge in [0.05, 0.1) is 21.3 Å². The summed E-state index contributed by atoms with van der Waals surface area (Å²) in [5, 5.41) is 3.49. The lowest BCUT2D eigenvalue weighted by Gasteiger charge is -2.16. The number of rotatable bonds is 8. The van der Waals surface area contributed by atoms with Gasteiger partial charge in [0.25, 0.3) is 0 Å². The average Bonchev–Trinajstić information content (AvgIpc) is 2.61. The van der Waals surface area contributed by atoms with Crippen molar-refractivity contribution in [2.45, 2.75) is 19.4 Å². The molecule has 0 saturated heterocycles. The highest BCUT2D eigenvalue weighted by Crippen LogP contribution is 2.34. The van der Waals surface area contributed by atoms with Gasteiger partial charge in [-0.3, -0.25) is 0 Å². The smallest absolute Gasteiger partial charge is 0.164 e. The van der Waals surface area contributed by atoms with E-state index in [4.69, 9.17) is 14.2 Å². The number of hydrogen-bond donors (Lipinski definition) is 1. The zero-order valence-corrected chi connectivity index (χ0v) is 14.3. The fourth-order valence-electron chi connectivity index (χ4n) is 2.55. The van der Waals surface area contributed by atoms with Crippen LogP contribution in [0.2, 0.25) is 0 Å². The van der Waals surface area contributed by atoms with Gasteiger partial charge in [-0.1, -0.05) is 37.3 Å². The Morgan fingerprint density at radius 3 is 2.09 bits per heavy atom. The van der Waals surface area contributed by atoms with E-state index in [1.54, 1.807) is 21.3 Å². The number of ether oxygens (including phenoxy) is 3. The summed E-state index contributed by atoms with van der Waals surface area (Å²) in [5.41, 5.74) is 2.38. The lowest BCUT2D eigenvalue weighted by Crippen LogP contribution is -2.20. The van der Waals surface area contributed by atoms with Crippen LogP contribution in [-0.4, -0.2) is 27.9 Å². The lowest BCUT2D eigenvalue weighted by molar-refractivity contribution is 0.347. The van der Waals surface area contributed by atoms with Gasteiger partial charge in [-0.15, -0.1) is 0 Å². The zero-order valence-electron chi connectivity index (χ0n) is 14.3. The van der Waals surface area contributed by atoms with Crippen LogP contribution in [0.25, 0.3) is 0 Å². The highest BCUT2D eigenvalue weighted by molar-refractivity contribution is 5.50. The molecule has 0 aliphatic carbocycles.